The van der Waals surface area contributed by atoms with E-state index in [0.29, 0.717) is 11.3 Å². The van der Waals surface area contributed by atoms with Crippen LogP contribution in [0.4, 0.5) is 28.0 Å². The number of anilines is 1. The third-order valence-corrected chi connectivity index (χ3v) is 4.05. The lowest BCUT2D eigenvalue weighted by Crippen LogP contribution is -2.33. The van der Waals surface area contributed by atoms with E-state index in [2.05, 4.69) is 4.74 Å². The normalized spacial score (nSPS) is 17.6. The molecule has 0 aliphatic carbocycles. The average Bonchev–Trinajstić information content (AvgIpc) is 2.80. The number of nitrogens with zero attached hydrogens (tertiary/aromatic N) is 2. The van der Waals surface area contributed by atoms with Gasteiger partial charge in [-0.3, -0.25) is 14.6 Å². The molecule has 1 unspecified atom stereocenters. The summed E-state index contributed by atoms with van der Waals surface area (Å²) in [5, 5.41) is 0. The standard InChI is InChI=1S/C18H14F4N2O3/c1-11-16(25)23(17(26)24(11)14-6-4-13(19)5-7-14)10-12-2-8-15(9-3-12)27-18(20,21)22/h2-9,11H,10H2,1H3. The molecular formula is C18H14F4N2O3. The number of carbonyl (C=O) groups is 2. The second kappa shape index (κ2) is 6.90. The van der Waals surface area contributed by atoms with Crippen molar-refractivity contribution in [1.82, 2.24) is 4.90 Å². The van der Waals surface area contributed by atoms with Crippen LogP contribution in [0, 0.1) is 5.82 Å². The molecule has 0 radical (unpaired) electrons. The van der Waals surface area contributed by atoms with Crippen molar-refractivity contribution in [2.75, 3.05) is 4.90 Å². The third-order valence-electron chi connectivity index (χ3n) is 4.05. The van der Waals surface area contributed by atoms with E-state index in [1.807, 2.05) is 0 Å². The van der Waals surface area contributed by atoms with Gasteiger partial charge in [-0.15, -0.1) is 13.2 Å². The van der Waals surface area contributed by atoms with E-state index in [4.69, 9.17) is 0 Å². The number of carbonyl (C=O) groups excluding carboxylic acids is 2. The molecule has 1 aliphatic heterocycles. The smallest absolute Gasteiger partial charge is 0.406 e. The largest absolute Gasteiger partial charge is 0.573 e. The van der Waals surface area contributed by atoms with Gasteiger partial charge in [0.2, 0.25) is 0 Å². The molecule has 2 aromatic rings. The summed E-state index contributed by atoms with van der Waals surface area (Å²) in [7, 11) is 0. The zero-order valence-electron chi connectivity index (χ0n) is 14.0. The molecule has 1 atom stereocenters. The monoisotopic (exact) mass is 382 g/mol. The maximum absolute atomic E-state index is 13.1. The molecule has 3 rings (SSSR count). The predicted molar refractivity (Wildman–Crippen MR) is 87.4 cm³/mol. The van der Waals surface area contributed by atoms with Crippen LogP contribution in [0.2, 0.25) is 0 Å². The van der Waals surface area contributed by atoms with E-state index in [-0.39, 0.29) is 6.54 Å². The minimum absolute atomic E-state index is 0.105. The van der Waals surface area contributed by atoms with Crippen molar-refractivity contribution in [1.29, 1.82) is 0 Å². The Morgan fingerprint density at radius 2 is 1.59 bits per heavy atom. The zero-order chi connectivity index (χ0) is 19.8. The average molecular weight is 382 g/mol. The molecule has 1 fully saturated rings. The number of rotatable bonds is 4. The van der Waals surface area contributed by atoms with Crippen molar-refractivity contribution in [3.63, 3.8) is 0 Å². The summed E-state index contributed by atoms with van der Waals surface area (Å²) in [5.41, 5.74) is 0.832. The molecule has 0 N–H and O–H groups in total. The van der Waals surface area contributed by atoms with E-state index in [9.17, 15) is 27.2 Å². The molecule has 142 valence electrons. The minimum Gasteiger partial charge on any atom is -0.406 e. The first-order valence-corrected chi connectivity index (χ1v) is 7.90. The Morgan fingerprint density at radius 3 is 2.15 bits per heavy atom. The van der Waals surface area contributed by atoms with E-state index in [1.165, 1.54) is 41.3 Å². The number of halogens is 4. The lowest BCUT2D eigenvalue weighted by atomic mass is 10.2. The van der Waals surface area contributed by atoms with Crippen LogP contribution in [-0.4, -0.2) is 29.2 Å². The van der Waals surface area contributed by atoms with Gasteiger partial charge in [0.25, 0.3) is 5.91 Å². The molecule has 1 aliphatic rings. The number of benzene rings is 2. The number of hydrogen-bond donors (Lipinski definition) is 0. The van der Waals surface area contributed by atoms with Crippen molar-refractivity contribution in [3.05, 3.63) is 59.9 Å². The molecule has 0 bridgehead atoms. The molecule has 0 spiro atoms. The molecule has 2 aromatic carbocycles. The molecule has 1 saturated heterocycles. The summed E-state index contributed by atoms with van der Waals surface area (Å²) in [4.78, 5) is 27.3. The Labute approximate surface area is 151 Å². The molecule has 3 amide bonds. The van der Waals surface area contributed by atoms with Gasteiger partial charge in [0, 0.05) is 5.69 Å². The van der Waals surface area contributed by atoms with Crippen molar-refractivity contribution in [2.24, 2.45) is 0 Å². The fraction of sp³-hybridized carbons (Fsp3) is 0.222. The van der Waals surface area contributed by atoms with Gasteiger partial charge >= 0.3 is 12.4 Å². The first kappa shape index (κ1) is 18.7. The molecule has 0 saturated carbocycles. The fourth-order valence-electron chi connectivity index (χ4n) is 2.79. The Kier molecular flexibility index (Phi) is 4.77. The molecule has 5 nitrogen and oxygen atoms in total. The lowest BCUT2D eigenvalue weighted by Gasteiger charge is -2.19. The lowest BCUT2D eigenvalue weighted by molar-refractivity contribution is -0.274. The number of alkyl halides is 3. The Balaban J connectivity index is 1.76. The van der Waals surface area contributed by atoms with Crippen LogP contribution in [0.5, 0.6) is 5.75 Å². The molecule has 1 heterocycles. The predicted octanol–water partition coefficient (Wildman–Crippen LogP) is 4.08. The summed E-state index contributed by atoms with van der Waals surface area (Å²) < 4.78 is 53.5. The highest BCUT2D eigenvalue weighted by Gasteiger charge is 2.43. The summed E-state index contributed by atoms with van der Waals surface area (Å²) in [6, 6.07) is 8.67. The fourth-order valence-corrected chi connectivity index (χ4v) is 2.79. The van der Waals surface area contributed by atoms with Crippen LogP contribution in [0.3, 0.4) is 0 Å². The third kappa shape index (κ3) is 4.02. The van der Waals surface area contributed by atoms with E-state index in [0.717, 1.165) is 17.0 Å². The summed E-state index contributed by atoms with van der Waals surface area (Å²) in [6.07, 6.45) is -4.80. The molecule has 9 heteroatoms. The van der Waals surface area contributed by atoms with Crippen LogP contribution in [0.15, 0.2) is 48.5 Å². The Morgan fingerprint density at radius 1 is 1.00 bits per heavy atom. The highest BCUT2D eigenvalue weighted by molar-refractivity contribution is 6.13. The summed E-state index contributed by atoms with van der Waals surface area (Å²) in [5.74, 6) is -1.33. The van der Waals surface area contributed by atoms with Gasteiger partial charge in [0.15, 0.2) is 0 Å². The van der Waals surface area contributed by atoms with Crippen LogP contribution in [-0.2, 0) is 11.3 Å². The highest BCUT2D eigenvalue weighted by atomic mass is 19.4. The molecule has 27 heavy (non-hydrogen) atoms. The van der Waals surface area contributed by atoms with Crippen LogP contribution in [0.25, 0.3) is 0 Å². The van der Waals surface area contributed by atoms with Gasteiger partial charge < -0.3 is 4.74 Å². The number of urea groups is 1. The first-order chi connectivity index (χ1) is 12.7. The summed E-state index contributed by atoms with van der Waals surface area (Å²) >= 11 is 0. The van der Waals surface area contributed by atoms with Gasteiger partial charge in [-0.05, 0) is 48.9 Å². The number of imide groups is 1. The van der Waals surface area contributed by atoms with E-state index < -0.39 is 35.9 Å². The van der Waals surface area contributed by atoms with Gasteiger partial charge in [0.1, 0.15) is 17.6 Å². The summed E-state index contributed by atoms with van der Waals surface area (Å²) in [6.45, 7) is 1.44. The van der Waals surface area contributed by atoms with Crippen LogP contribution < -0.4 is 9.64 Å². The number of ether oxygens (including phenoxy) is 1. The van der Waals surface area contributed by atoms with Gasteiger partial charge in [0.05, 0.1) is 6.54 Å². The topological polar surface area (TPSA) is 49.9 Å². The second-order valence-electron chi connectivity index (χ2n) is 5.92. The van der Waals surface area contributed by atoms with Crippen LogP contribution >= 0.6 is 0 Å². The number of hydrogen-bond acceptors (Lipinski definition) is 3. The van der Waals surface area contributed by atoms with Crippen molar-refractivity contribution in [2.45, 2.75) is 25.9 Å². The zero-order valence-corrected chi connectivity index (χ0v) is 14.0. The maximum Gasteiger partial charge on any atom is 0.573 e. The van der Waals surface area contributed by atoms with E-state index >= 15 is 0 Å². The van der Waals surface area contributed by atoms with Crippen LogP contribution in [0.1, 0.15) is 12.5 Å². The SMILES string of the molecule is CC1C(=O)N(Cc2ccc(OC(F)(F)F)cc2)C(=O)N1c1ccc(F)cc1. The van der Waals surface area contributed by atoms with Gasteiger partial charge in [-0.25, -0.2) is 9.18 Å². The quantitative estimate of drug-likeness (QED) is 0.591. The van der Waals surface area contributed by atoms with Gasteiger partial charge in [-0.2, -0.15) is 0 Å². The highest BCUT2D eigenvalue weighted by Crippen LogP contribution is 2.28. The second-order valence-corrected chi connectivity index (χ2v) is 5.92. The minimum atomic E-state index is -4.80. The molecule has 0 aromatic heterocycles. The Hall–Kier alpha value is -3.10. The van der Waals surface area contributed by atoms with Crippen molar-refractivity contribution < 1.29 is 31.9 Å². The first-order valence-electron chi connectivity index (χ1n) is 7.90. The van der Waals surface area contributed by atoms with E-state index in [1.54, 1.807) is 6.92 Å². The Bertz CT molecular complexity index is 850. The number of amides is 3. The molecular weight excluding hydrogens is 368 g/mol. The van der Waals surface area contributed by atoms with Crippen molar-refractivity contribution in [3.8, 4) is 5.75 Å². The van der Waals surface area contributed by atoms with Crippen molar-refractivity contribution >= 4 is 17.6 Å². The maximum atomic E-state index is 13.1. The van der Waals surface area contributed by atoms with Gasteiger partial charge in [-0.1, -0.05) is 12.1 Å².